The molecule has 1 fully saturated rings. The molecule has 1 saturated carbocycles. The lowest BCUT2D eigenvalue weighted by Crippen LogP contribution is -2.49. The largest absolute Gasteiger partial charge is 0.550 e. The van der Waals surface area contributed by atoms with Crippen molar-refractivity contribution in [3.63, 3.8) is 0 Å². The van der Waals surface area contributed by atoms with Crippen LogP contribution in [0, 0.1) is 11.8 Å². The third-order valence-electron chi connectivity index (χ3n) is 4.64. The first kappa shape index (κ1) is 20.4. The summed E-state index contributed by atoms with van der Waals surface area (Å²) in [7, 11) is 0. The first-order chi connectivity index (χ1) is 13.0. The predicted octanol–water partition coefficient (Wildman–Crippen LogP) is -0.213. The van der Waals surface area contributed by atoms with Crippen molar-refractivity contribution in [3.05, 3.63) is 35.9 Å². The zero-order valence-corrected chi connectivity index (χ0v) is 15.0. The van der Waals surface area contributed by atoms with Gasteiger partial charge >= 0.3 is 0 Å². The Morgan fingerprint density at radius 3 is 2.19 bits per heavy atom. The van der Waals surface area contributed by atoms with E-state index in [4.69, 9.17) is 0 Å². The number of carbonyl (C=O) groups is 4. The highest BCUT2D eigenvalue weighted by atomic mass is 16.4. The van der Waals surface area contributed by atoms with Gasteiger partial charge in [0.2, 0.25) is 17.7 Å². The minimum absolute atomic E-state index is 0.0142. The molecule has 0 saturated heterocycles. The van der Waals surface area contributed by atoms with Gasteiger partial charge in [-0.15, -0.1) is 0 Å². The second-order valence-electron chi connectivity index (χ2n) is 6.62. The fourth-order valence-electron chi connectivity index (χ4n) is 3.13. The second kappa shape index (κ2) is 10.3. The molecule has 0 spiro atoms. The maximum atomic E-state index is 12.1. The van der Waals surface area contributed by atoms with Crippen LogP contribution < -0.4 is 21.3 Å². The van der Waals surface area contributed by atoms with Gasteiger partial charge in [0.25, 0.3) is 0 Å². The molecule has 3 amide bonds. The van der Waals surface area contributed by atoms with E-state index in [1.165, 1.54) is 0 Å². The van der Waals surface area contributed by atoms with Crippen molar-refractivity contribution < 1.29 is 24.3 Å². The van der Waals surface area contributed by atoms with Crippen molar-refractivity contribution in [2.24, 2.45) is 11.8 Å². The second-order valence-corrected chi connectivity index (χ2v) is 6.62. The Balaban J connectivity index is 1.67. The van der Waals surface area contributed by atoms with Gasteiger partial charge < -0.3 is 15.2 Å². The van der Waals surface area contributed by atoms with Gasteiger partial charge in [0.15, 0.2) is 0 Å². The Morgan fingerprint density at radius 1 is 0.889 bits per heavy atom. The molecule has 0 bridgehead atoms. The lowest BCUT2D eigenvalue weighted by atomic mass is 9.79. The quantitative estimate of drug-likeness (QED) is 0.569. The maximum absolute atomic E-state index is 12.1. The van der Waals surface area contributed by atoms with Crippen molar-refractivity contribution in [2.45, 2.75) is 45.1 Å². The topological polar surface area (TPSA) is 127 Å². The molecule has 2 atom stereocenters. The van der Waals surface area contributed by atoms with E-state index in [1.807, 2.05) is 30.3 Å². The number of carboxylic acid groups (broad SMARTS) is 1. The van der Waals surface area contributed by atoms with Gasteiger partial charge in [0.05, 0.1) is 0 Å². The number of carbonyl (C=O) groups excluding carboxylic acids is 4. The van der Waals surface area contributed by atoms with Crippen LogP contribution in [-0.4, -0.2) is 23.7 Å². The molecule has 0 aliphatic heterocycles. The van der Waals surface area contributed by atoms with Crippen molar-refractivity contribution in [2.75, 3.05) is 0 Å². The monoisotopic (exact) mass is 374 g/mol. The lowest BCUT2D eigenvalue weighted by molar-refractivity contribution is -0.314. The van der Waals surface area contributed by atoms with E-state index >= 15 is 0 Å². The molecular formula is C19H24N3O5-. The molecule has 27 heavy (non-hydrogen) atoms. The molecule has 8 nitrogen and oxygen atoms in total. The number of hydrogen-bond donors (Lipinski definition) is 3. The molecule has 3 N–H and O–H groups in total. The number of benzene rings is 1. The molecule has 2 rings (SSSR count). The minimum atomic E-state index is -1.24. The van der Waals surface area contributed by atoms with Crippen molar-refractivity contribution >= 4 is 23.7 Å². The SMILES string of the molecule is O=C(CCC(=O)NNC(=O)[C@@H]1CCCC[C@@H]1C(=O)[O-])NCc1ccccc1. The molecular weight excluding hydrogens is 350 g/mol. The first-order valence-electron chi connectivity index (χ1n) is 9.07. The van der Waals surface area contributed by atoms with E-state index in [0.717, 1.165) is 18.4 Å². The number of carboxylic acids is 1. The van der Waals surface area contributed by atoms with Crippen LogP contribution in [0.25, 0.3) is 0 Å². The summed E-state index contributed by atoms with van der Waals surface area (Å²) in [6.07, 6.45) is 2.25. The Bertz CT molecular complexity index is 677. The third kappa shape index (κ3) is 6.73. The van der Waals surface area contributed by atoms with Crippen molar-refractivity contribution in [1.29, 1.82) is 0 Å². The average Bonchev–Trinajstić information content (AvgIpc) is 2.69. The van der Waals surface area contributed by atoms with Crippen LogP contribution in [0.3, 0.4) is 0 Å². The number of nitrogens with one attached hydrogen (secondary N) is 3. The van der Waals surface area contributed by atoms with Gasteiger partial charge in [0.1, 0.15) is 0 Å². The van der Waals surface area contributed by atoms with Crippen LogP contribution in [0.4, 0.5) is 0 Å². The van der Waals surface area contributed by atoms with Gasteiger partial charge in [-0.25, -0.2) is 0 Å². The van der Waals surface area contributed by atoms with Gasteiger partial charge in [-0.05, 0) is 18.4 Å². The van der Waals surface area contributed by atoms with Gasteiger partial charge in [-0.1, -0.05) is 43.2 Å². The first-order valence-corrected chi connectivity index (χ1v) is 9.07. The van der Waals surface area contributed by atoms with E-state index in [0.29, 0.717) is 19.4 Å². The highest BCUT2D eigenvalue weighted by Gasteiger charge is 2.31. The predicted molar refractivity (Wildman–Crippen MR) is 94.3 cm³/mol. The van der Waals surface area contributed by atoms with E-state index in [2.05, 4.69) is 16.2 Å². The fourth-order valence-corrected chi connectivity index (χ4v) is 3.13. The molecule has 1 aliphatic carbocycles. The maximum Gasteiger partial charge on any atom is 0.242 e. The fraction of sp³-hybridized carbons (Fsp3) is 0.474. The third-order valence-corrected chi connectivity index (χ3v) is 4.64. The molecule has 0 radical (unpaired) electrons. The Morgan fingerprint density at radius 2 is 1.52 bits per heavy atom. The van der Waals surface area contributed by atoms with Gasteiger partial charge in [0, 0.05) is 37.2 Å². The van der Waals surface area contributed by atoms with E-state index < -0.39 is 29.6 Å². The van der Waals surface area contributed by atoms with Crippen LogP contribution >= 0.6 is 0 Å². The average molecular weight is 374 g/mol. The van der Waals surface area contributed by atoms with Crippen molar-refractivity contribution in [3.8, 4) is 0 Å². The van der Waals surface area contributed by atoms with Crippen molar-refractivity contribution in [1.82, 2.24) is 16.2 Å². The van der Waals surface area contributed by atoms with Crippen LogP contribution in [0.1, 0.15) is 44.1 Å². The van der Waals surface area contributed by atoms with E-state index in [9.17, 15) is 24.3 Å². The van der Waals surface area contributed by atoms with Crippen LogP contribution in [0.2, 0.25) is 0 Å². The summed E-state index contributed by atoms with van der Waals surface area (Å²) in [6, 6.07) is 9.39. The summed E-state index contributed by atoms with van der Waals surface area (Å²) >= 11 is 0. The number of amides is 3. The molecule has 0 heterocycles. The highest BCUT2D eigenvalue weighted by molar-refractivity contribution is 5.88. The normalized spacial score (nSPS) is 19.0. The van der Waals surface area contributed by atoms with Crippen LogP contribution in [0.15, 0.2) is 30.3 Å². The summed E-state index contributed by atoms with van der Waals surface area (Å²) in [5.41, 5.74) is 5.45. The number of hydrogen-bond acceptors (Lipinski definition) is 5. The molecule has 1 aliphatic rings. The van der Waals surface area contributed by atoms with Crippen LogP contribution in [0.5, 0.6) is 0 Å². The summed E-state index contributed by atoms with van der Waals surface area (Å²) in [6.45, 7) is 0.379. The molecule has 1 aromatic rings. The molecule has 0 aromatic heterocycles. The zero-order chi connectivity index (χ0) is 19.6. The highest BCUT2D eigenvalue weighted by Crippen LogP contribution is 2.29. The summed E-state index contributed by atoms with van der Waals surface area (Å²) in [5.74, 6) is -4.11. The lowest BCUT2D eigenvalue weighted by Gasteiger charge is -2.31. The smallest absolute Gasteiger partial charge is 0.242 e. The van der Waals surface area contributed by atoms with E-state index in [-0.39, 0.29) is 18.7 Å². The number of rotatable bonds is 7. The standard InChI is InChI=1S/C19H25N3O5/c23-16(20-12-13-6-2-1-3-7-13)10-11-17(24)21-22-18(25)14-8-4-5-9-15(14)19(26)27/h1-3,6-7,14-15H,4-5,8-12H2,(H,20,23)(H,21,24)(H,22,25)(H,26,27)/p-1/t14-,15+/m1/s1. The Labute approximate surface area is 157 Å². The molecule has 8 heteroatoms. The van der Waals surface area contributed by atoms with E-state index in [1.54, 1.807) is 0 Å². The van der Waals surface area contributed by atoms with Gasteiger partial charge in [-0.2, -0.15) is 0 Å². The van der Waals surface area contributed by atoms with Gasteiger partial charge in [-0.3, -0.25) is 25.2 Å². The Kier molecular flexibility index (Phi) is 7.79. The number of hydrazine groups is 1. The molecule has 1 aromatic carbocycles. The minimum Gasteiger partial charge on any atom is -0.550 e. The Hall–Kier alpha value is -2.90. The zero-order valence-electron chi connectivity index (χ0n) is 15.0. The van der Waals surface area contributed by atoms with Crippen LogP contribution in [-0.2, 0) is 25.7 Å². The molecule has 146 valence electrons. The summed E-state index contributed by atoms with van der Waals surface area (Å²) < 4.78 is 0. The summed E-state index contributed by atoms with van der Waals surface area (Å²) in [5, 5.41) is 13.8. The number of aliphatic carboxylic acids is 1. The summed E-state index contributed by atoms with van der Waals surface area (Å²) in [4.78, 5) is 46.8. The molecule has 0 unspecified atom stereocenters.